The summed E-state index contributed by atoms with van der Waals surface area (Å²) < 4.78 is 5.77. The Balaban J connectivity index is 2.03. The van der Waals surface area contributed by atoms with Gasteiger partial charge in [-0.05, 0) is 18.6 Å². The lowest BCUT2D eigenvalue weighted by Gasteiger charge is -2.34. The molecule has 19 heavy (non-hydrogen) atoms. The van der Waals surface area contributed by atoms with E-state index in [4.69, 9.17) is 9.52 Å². The van der Waals surface area contributed by atoms with Crippen LogP contribution >= 0.6 is 0 Å². The number of furan rings is 1. The minimum atomic E-state index is -0.0107. The van der Waals surface area contributed by atoms with Gasteiger partial charge >= 0.3 is 0 Å². The molecule has 1 saturated heterocycles. The molecule has 2 rings (SSSR count). The van der Waals surface area contributed by atoms with Crippen LogP contribution in [0.5, 0.6) is 0 Å². The Morgan fingerprint density at radius 1 is 1.32 bits per heavy atom. The minimum Gasteiger partial charge on any atom is -0.462 e. The Morgan fingerprint density at radius 2 is 2.11 bits per heavy atom. The highest BCUT2D eigenvalue weighted by Gasteiger charge is 2.24. The maximum absolute atomic E-state index is 9.14. The highest BCUT2D eigenvalue weighted by Crippen LogP contribution is 2.28. The van der Waals surface area contributed by atoms with Crippen LogP contribution < -0.4 is 5.32 Å². The molecule has 0 unspecified atom stereocenters. The molecule has 108 valence electrons. The number of nitrogens with zero attached hydrogens (tertiary/aromatic N) is 1. The standard InChI is InChI=1S/C15H26N2O2/c1-2-3-4-5-14(17-10-8-16-9-11-17)15-7-6-13(12-18)19-15/h6-7,14,16,18H,2-5,8-12H2,1H3/t14-/m0/s1. The SMILES string of the molecule is CCCCC[C@@H](c1ccc(CO)o1)N1CCNCC1. The maximum atomic E-state index is 9.14. The molecule has 0 spiro atoms. The molecule has 0 aromatic carbocycles. The summed E-state index contributed by atoms with van der Waals surface area (Å²) >= 11 is 0. The van der Waals surface area contributed by atoms with E-state index in [0.717, 1.165) is 38.4 Å². The van der Waals surface area contributed by atoms with Crippen molar-refractivity contribution in [2.45, 2.75) is 45.3 Å². The van der Waals surface area contributed by atoms with Crippen LogP contribution in [-0.4, -0.2) is 36.2 Å². The Hall–Kier alpha value is -0.840. The number of nitrogens with one attached hydrogen (secondary N) is 1. The third-order valence-corrected chi connectivity index (χ3v) is 3.84. The molecule has 4 nitrogen and oxygen atoms in total. The first kappa shape index (κ1) is 14.6. The summed E-state index contributed by atoms with van der Waals surface area (Å²) in [6.45, 7) is 6.48. The van der Waals surface area contributed by atoms with Gasteiger partial charge < -0.3 is 14.8 Å². The Bertz CT molecular complexity index is 359. The third kappa shape index (κ3) is 4.06. The van der Waals surface area contributed by atoms with E-state index in [0.29, 0.717) is 11.8 Å². The Labute approximate surface area is 115 Å². The number of hydrogen-bond donors (Lipinski definition) is 2. The largest absolute Gasteiger partial charge is 0.462 e. The fraction of sp³-hybridized carbons (Fsp3) is 0.733. The molecule has 0 bridgehead atoms. The summed E-state index contributed by atoms with van der Waals surface area (Å²) in [6.07, 6.45) is 4.90. The van der Waals surface area contributed by atoms with Crippen molar-refractivity contribution in [3.05, 3.63) is 23.7 Å². The van der Waals surface area contributed by atoms with Gasteiger partial charge in [-0.2, -0.15) is 0 Å². The van der Waals surface area contributed by atoms with Gasteiger partial charge in [0.1, 0.15) is 18.1 Å². The number of piperazine rings is 1. The second-order valence-corrected chi connectivity index (χ2v) is 5.26. The van der Waals surface area contributed by atoms with Gasteiger partial charge in [-0.15, -0.1) is 0 Å². The molecule has 1 aromatic rings. The van der Waals surface area contributed by atoms with Crippen LogP contribution in [0.2, 0.25) is 0 Å². The Kier molecular flexibility index (Phi) is 5.89. The van der Waals surface area contributed by atoms with Crippen molar-refractivity contribution < 1.29 is 9.52 Å². The smallest absolute Gasteiger partial charge is 0.129 e. The lowest BCUT2D eigenvalue weighted by molar-refractivity contribution is 0.139. The second kappa shape index (κ2) is 7.68. The predicted octanol–water partition coefficient (Wildman–Crippen LogP) is 2.30. The molecule has 0 radical (unpaired) electrons. The van der Waals surface area contributed by atoms with Crippen LogP contribution in [0.15, 0.2) is 16.5 Å². The molecule has 0 saturated carbocycles. The molecule has 2 heterocycles. The summed E-state index contributed by atoms with van der Waals surface area (Å²) in [5.74, 6) is 1.69. The maximum Gasteiger partial charge on any atom is 0.129 e. The van der Waals surface area contributed by atoms with Gasteiger partial charge in [0, 0.05) is 26.2 Å². The fourth-order valence-corrected chi connectivity index (χ4v) is 2.74. The van der Waals surface area contributed by atoms with Gasteiger partial charge in [0.25, 0.3) is 0 Å². The van der Waals surface area contributed by atoms with E-state index in [9.17, 15) is 0 Å². The fourth-order valence-electron chi connectivity index (χ4n) is 2.74. The molecule has 4 heteroatoms. The molecule has 1 fully saturated rings. The molecule has 1 aliphatic rings. The van der Waals surface area contributed by atoms with Crippen LogP contribution in [0.25, 0.3) is 0 Å². The number of unbranched alkanes of at least 4 members (excludes halogenated alkanes) is 2. The Morgan fingerprint density at radius 3 is 2.74 bits per heavy atom. The first-order valence-electron chi connectivity index (χ1n) is 7.49. The minimum absolute atomic E-state index is 0.0107. The van der Waals surface area contributed by atoms with E-state index in [-0.39, 0.29) is 6.61 Å². The average Bonchev–Trinajstić information content (AvgIpc) is 2.93. The number of hydrogen-bond acceptors (Lipinski definition) is 4. The quantitative estimate of drug-likeness (QED) is 0.744. The van der Waals surface area contributed by atoms with E-state index in [1.54, 1.807) is 0 Å². The number of aliphatic hydroxyl groups excluding tert-OH is 1. The lowest BCUT2D eigenvalue weighted by atomic mass is 10.0. The molecule has 1 atom stereocenters. The predicted molar refractivity (Wildman–Crippen MR) is 76.0 cm³/mol. The van der Waals surface area contributed by atoms with Crippen molar-refractivity contribution in [1.82, 2.24) is 10.2 Å². The van der Waals surface area contributed by atoms with E-state index >= 15 is 0 Å². The average molecular weight is 266 g/mol. The zero-order valence-electron chi connectivity index (χ0n) is 11.9. The normalized spacial score (nSPS) is 18.6. The molecule has 1 aliphatic heterocycles. The highest BCUT2D eigenvalue weighted by molar-refractivity contribution is 5.11. The topological polar surface area (TPSA) is 48.6 Å². The molecule has 2 N–H and O–H groups in total. The highest BCUT2D eigenvalue weighted by atomic mass is 16.4. The van der Waals surface area contributed by atoms with Crippen LogP contribution in [0.4, 0.5) is 0 Å². The summed E-state index contributed by atoms with van der Waals surface area (Å²) in [5, 5.41) is 12.5. The van der Waals surface area contributed by atoms with Crippen molar-refractivity contribution in [3.63, 3.8) is 0 Å². The van der Waals surface area contributed by atoms with E-state index in [1.807, 2.05) is 12.1 Å². The second-order valence-electron chi connectivity index (χ2n) is 5.26. The van der Waals surface area contributed by atoms with Gasteiger partial charge in [0.05, 0.1) is 6.04 Å². The first-order chi connectivity index (χ1) is 9.35. The van der Waals surface area contributed by atoms with Gasteiger partial charge in [-0.1, -0.05) is 26.2 Å². The van der Waals surface area contributed by atoms with Crippen LogP contribution in [0.1, 0.15) is 50.2 Å². The van der Waals surface area contributed by atoms with Crippen molar-refractivity contribution in [1.29, 1.82) is 0 Å². The van der Waals surface area contributed by atoms with E-state index in [1.165, 1.54) is 19.3 Å². The number of rotatable bonds is 7. The van der Waals surface area contributed by atoms with Gasteiger partial charge in [-0.25, -0.2) is 0 Å². The van der Waals surface area contributed by atoms with Crippen LogP contribution in [-0.2, 0) is 6.61 Å². The number of aliphatic hydroxyl groups is 1. The van der Waals surface area contributed by atoms with E-state index in [2.05, 4.69) is 17.1 Å². The van der Waals surface area contributed by atoms with Crippen LogP contribution in [0, 0.1) is 0 Å². The van der Waals surface area contributed by atoms with Crippen molar-refractivity contribution in [2.75, 3.05) is 26.2 Å². The summed E-state index contributed by atoms with van der Waals surface area (Å²) in [4.78, 5) is 2.51. The lowest BCUT2D eigenvalue weighted by Crippen LogP contribution is -2.45. The summed E-state index contributed by atoms with van der Waals surface area (Å²) in [7, 11) is 0. The molecule has 0 amide bonds. The first-order valence-corrected chi connectivity index (χ1v) is 7.49. The third-order valence-electron chi connectivity index (χ3n) is 3.84. The summed E-state index contributed by atoms with van der Waals surface area (Å²) in [5.41, 5.74) is 0. The monoisotopic (exact) mass is 266 g/mol. The summed E-state index contributed by atoms with van der Waals surface area (Å²) in [6, 6.07) is 4.29. The molecular weight excluding hydrogens is 240 g/mol. The van der Waals surface area contributed by atoms with E-state index < -0.39 is 0 Å². The molecule has 1 aromatic heterocycles. The molecule has 0 aliphatic carbocycles. The van der Waals surface area contributed by atoms with Crippen molar-refractivity contribution in [3.8, 4) is 0 Å². The van der Waals surface area contributed by atoms with Crippen molar-refractivity contribution in [2.24, 2.45) is 0 Å². The van der Waals surface area contributed by atoms with Gasteiger partial charge in [-0.3, -0.25) is 4.90 Å². The van der Waals surface area contributed by atoms with Crippen LogP contribution in [0.3, 0.4) is 0 Å². The van der Waals surface area contributed by atoms with Gasteiger partial charge in [0.15, 0.2) is 0 Å². The zero-order valence-corrected chi connectivity index (χ0v) is 11.9. The molecular formula is C15H26N2O2. The van der Waals surface area contributed by atoms with Gasteiger partial charge in [0.2, 0.25) is 0 Å². The van der Waals surface area contributed by atoms with Crippen molar-refractivity contribution >= 4 is 0 Å². The zero-order chi connectivity index (χ0) is 13.5.